The van der Waals surface area contributed by atoms with Crippen molar-refractivity contribution >= 4 is 11.9 Å². The number of rotatable bonds is 4. The first-order valence-electron chi connectivity index (χ1n) is 3.37. The molecule has 74 valence electrons. The smallest absolute Gasteiger partial charge is 0.373 e. The van der Waals surface area contributed by atoms with Gasteiger partial charge in [-0.05, 0) is 19.9 Å². The van der Waals surface area contributed by atoms with E-state index in [0.29, 0.717) is 0 Å². The maximum Gasteiger partial charge on any atom is 0.373 e. The van der Waals surface area contributed by atoms with Gasteiger partial charge in [-0.15, -0.1) is 0 Å². The average molecular weight is 189 g/mol. The normalized spacial score (nSPS) is 12.4. The van der Waals surface area contributed by atoms with Crippen molar-refractivity contribution in [1.29, 1.82) is 0 Å². The minimum absolute atomic E-state index is 0.590. The molecule has 0 saturated carbocycles. The molecule has 0 heterocycles. The number of hydrogen-bond donors (Lipinski definition) is 3. The molecule has 0 bridgehead atoms. The van der Waals surface area contributed by atoms with Gasteiger partial charge in [0.05, 0.1) is 5.41 Å². The van der Waals surface area contributed by atoms with E-state index in [-0.39, 0.29) is 0 Å². The summed E-state index contributed by atoms with van der Waals surface area (Å²) in [7, 11) is 0. The van der Waals surface area contributed by atoms with Crippen LogP contribution >= 0.6 is 0 Å². The third-order valence-electron chi connectivity index (χ3n) is 1.38. The lowest BCUT2D eigenvalue weighted by Gasteiger charge is -2.13. The second kappa shape index (κ2) is 3.90. The maximum absolute atomic E-state index is 10.6. The van der Waals surface area contributed by atoms with Crippen LogP contribution in [0.2, 0.25) is 0 Å². The minimum atomic E-state index is -1.41. The highest BCUT2D eigenvalue weighted by molar-refractivity contribution is 5.86. The van der Waals surface area contributed by atoms with E-state index in [9.17, 15) is 9.59 Å². The Labute approximate surface area is 74.6 Å². The Bertz CT molecular complexity index is 256. The molecule has 4 N–H and O–H groups in total. The molecule has 0 aliphatic rings. The van der Waals surface area contributed by atoms with Gasteiger partial charge in [-0.25, -0.2) is 4.79 Å². The summed E-state index contributed by atoms with van der Waals surface area (Å²) in [5.74, 6) is 1.48. The zero-order valence-electron chi connectivity index (χ0n) is 7.27. The second-order valence-electron chi connectivity index (χ2n) is 2.96. The lowest BCUT2D eigenvalue weighted by atomic mass is 9.93. The fraction of sp³-hybridized carbons (Fsp3) is 0.429. The van der Waals surface area contributed by atoms with E-state index < -0.39 is 23.1 Å². The molecule has 0 spiro atoms. The molecule has 6 heteroatoms. The van der Waals surface area contributed by atoms with E-state index in [1.54, 1.807) is 0 Å². The molecule has 0 amide bonds. The topological polar surface area (TPSA) is 110 Å². The summed E-state index contributed by atoms with van der Waals surface area (Å²) in [6, 6.07) is 0. The van der Waals surface area contributed by atoms with Crippen LogP contribution < -0.4 is 5.90 Å². The van der Waals surface area contributed by atoms with Crippen LogP contribution in [-0.2, 0) is 14.4 Å². The summed E-state index contributed by atoms with van der Waals surface area (Å²) in [5, 5.41) is 17.1. The zero-order chi connectivity index (χ0) is 10.6. The molecule has 13 heavy (non-hydrogen) atoms. The van der Waals surface area contributed by atoms with Gasteiger partial charge in [0, 0.05) is 0 Å². The monoisotopic (exact) mass is 189 g/mol. The van der Waals surface area contributed by atoms with Crippen LogP contribution in [0.3, 0.4) is 0 Å². The van der Waals surface area contributed by atoms with Crippen LogP contribution in [0.1, 0.15) is 13.8 Å². The first-order chi connectivity index (χ1) is 5.81. The molecule has 0 aliphatic heterocycles. The summed E-state index contributed by atoms with van der Waals surface area (Å²) in [4.78, 5) is 24.9. The van der Waals surface area contributed by atoms with Crippen molar-refractivity contribution in [3.63, 3.8) is 0 Å². The lowest BCUT2D eigenvalue weighted by Crippen LogP contribution is -2.23. The number of carboxylic acids is 2. The van der Waals surface area contributed by atoms with Crippen LogP contribution in [0.4, 0.5) is 0 Å². The molecule has 0 radical (unpaired) electrons. The fourth-order valence-electron chi connectivity index (χ4n) is 0.536. The molecule has 0 aromatic carbocycles. The van der Waals surface area contributed by atoms with Crippen molar-refractivity contribution in [1.82, 2.24) is 0 Å². The Kier molecular flexibility index (Phi) is 3.43. The van der Waals surface area contributed by atoms with E-state index >= 15 is 0 Å². The van der Waals surface area contributed by atoms with Gasteiger partial charge in [0.1, 0.15) is 0 Å². The fourth-order valence-corrected chi connectivity index (χ4v) is 0.536. The number of nitrogens with two attached hydrogens (primary N) is 1. The van der Waals surface area contributed by atoms with Gasteiger partial charge in [0.2, 0.25) is 5.76 Å². The number of carbonyl (C=O) groups is 2. The first kappa shape index (κ1) is 11.4. The Morgan fingerprint density at radius 1 is 1.38 bits per heavy atom. The lowest BCUT2D eigenvalue weighted by molar-refractivity contribution is -0.144. The maximum atomic E-state index is 10.6. The number of carboxylic acid groups (broad SMARTS) is 2. The predicted octanol–water partition coefficient (Wildman–Crippen LogP) is -0.0440. The molecule has 0 aliphatic carbocycles. The molecular formula is C7H11NO5. The Hall–Kier alpha value is -1.56. The summed E-state index contributed by atoms with van der Waals surface area (Å²) in [6.07, 6.45) is 0.928. The molecule has 0 aromatic heterocycles. The molecule has 0 saturated heterocycles. The van der Waals surface area contributed by atoms with Crippen LogP contribution in [0.15, 0.2) is 11.8 Å². The highest BCUT2D eigenvalue weighted by Gasteiger charge is 2.27. The van der Waals surface area contributed by atoms with E-state index in [0.717, 1.165) is 6.08 Å². The molecule has 0 fully saturated rings. The highest BCUT2D eigenvalue weighted by atomic mass is 16.6. The highest BCUT2D eigenvalue weighted by Crippen LogP contribution is 2.19. The standard InChI is InChI=1S/C7H11NO5/c1-7(2,6(11)12)3-4(13-8)5(9)10/h3H,8H2,1-2H3,(H,9,10)(H,11,12). The van der Waals surface area contributed by atoms with Crippen molar-refractivity contribution in [3.05, 3.63) is 11.8 Å². The minimum Gasteiger partial charge on any atom is -0.481 e. The number of hydrogen-bond acceptors (Lipinski definition) is 4. The van der Waals surface area contributed by atoms with Gasteiger partial charge in [-0.2, -0.15) is 5.90 Å². The SMILES string of the molecule is CC(C)(C=C(ON)C(=O)O)C(=O)O. The van der Waals surface area contributed by atoms with Crippen molar-refractivity contribution in [2.75, 3.05) is 0 Å². The van der Waals surface area contributed by atoms with Crippen molar-refractivity contribution in [3.8, 4) is 0 Å². The predicted molar refractivity (Wildman–Crippen MR) is 42.4 cm³/mol. The van der Waals surface area contributed by atoms with Crippen LogP contribution in [0.5, 0.6) is 0 Å². The molecule has 6 nitrogen and oxygen atoms in total. The molecule has 0 aromatic rings. The molecule has 0 atom stereocenters. The third-order valence-corrected chi connectivity index (χ3v) is 1.38. The van der Waals surface area contributed by atoms with E-state index in [2.05, 4.69) is 10.7 Å². The van der Waals surface area contributed by atoms with E-state index in [1.165, 1.54) is 13.8 Å². The Balaban J connectivity index is 4.89. The van der Waals surface area contributed by atoms with Gasteiger partial charge in [0.15, 0.2) is 0 Å². The first-order valence-corrected chi connectivity index (χ1v) is 3.37. The van der Waals surface area contributed by atoms with Gasteiger partial charge < -0.3 is 15.1 Å². The third kappa shape index (κ3) is 3.12. The van der Waals surface area contributed by atoms with Crippen LogP contribution in [0, 0.1) is 5.41 Å². The van der Waals surface area contributed by atoms with E-state index in [1.807, 2.05) is 0 Å². The van der Waals surface area contributed by atoms with Crippen LogP contribution in [-0.4, -0.2) is 22.2 Å². The second-order valence-corrected chi connectivity index (χ2v) is 2.96. The average Bonchev–Trinajstić information content (AvgIpc) is 1.99. The quantitative estimate of drug-likeness (QED) is 0.325. The van der Waals surface area contributed by atoms with Gasteiger partial charge >= 0.3 is 11.9 Å². The van der Waals surface area contributed by atoms with Crippen molar-refractivity contribution < 1.29 is 24.6 Å². The van der Waals surface area contributed by atoms with Gasteiger partial charge in [0.25, 0.3) is 0 Å². The Morgan fingerprint density at radius 2 is 1.85 bits per heavy atom. The summed E-state index contributed by atoms with van der Waals surface area (Å²) in [6.45, 7) is 2.66. The van der Waals surface area contributed by atoms with Gasteiger partial charge in [-0.3, -0.25) is 4.79 Å². The molecule has 0 unspecified atom stereocenters. The Morgan fingerprint density at radius 3 is 2.08 bits per heavy atom. The number of aliphatic carboxylic acids is 2. The summed E-state index contributed by atoms with van der Waals surface area (Å²) >= 11 is 0. The zero-order valence-corrected chi connectivity index (χ0v) is 7.27. The van der Waals surface area contributed by atoms with Crippen molar-refractivity contribution in [2.24, 2.45) is 11.3 Å². The summed E-state index contributed by atoms with van der Waals surface area (Å²) in [5.41, 5.74) is -1.33. The molecule has 0 rings (SSSR count). The van der Waals surface area contributed by atoms with E-state index in [4.69, 9.17) is 10.2 Å². The summed E-state index contributed by atoms with van der Waals surface area (Å²) < 4.78 is 0. The van der Waals surface area contributed by atoms with Crippen molar-refractivity contribution in [2.45, 2.75) is 13.8 Å². The molecular weight excluding hydrogens is 178 g/mol. The largest absolute Gasteiger partial charge is 0.481 e. The van der Waals surface area contributed by atoms with Gasteiger partial charge in [-0.1, -0.05) is 0 Å². The van der Waals surface area contributed by atoms with Crippen LogP contribution in [0.25, 0.3) is 0 Å².